The highest BCUT2D eigenvalue weighted by Crippen LogP contribution is 2.04. The van der Waals surface area contributed by atoms with Gasteiger partial charge in [0, 0.05) is 6.42 Å². The maximum absolute atomic E-state index is 11.1. The van der Waals surface area contributed by atoms with Crippen LogP contribution in [-0.4, -0.2) is 18.9 Å². The van der Waals surface area contributed by atoms with Gasteiger partial charge in [-0.05, 0) is 18.6 Å². The Morgan fingerprint density at radius 3 is 2.38 bits per heavy atom. The molecule has 0 fully saturated rings. The number of Topliss-reactive ketones (excluding diaryl/α,β-unsaturated/α-hetero) is 1. The molecule has 0 saturated carbocycles. The lowest BCUT2D eigenvalue weighted by atomic mass is 10.1. The molecule has 3 nitrogen and oxygen atoms in total. The zero-order chi connectivity index (χ0) is 10.4. The number of rotatable bonds is 4. The van der Waals surface area contributed by atoms with Crippen LogP contribution in [0.3, 0.4) is 0 Å². The van der Waals surface area contributed by atoms with E-state index in [4.69, 9.17) is 0 Å². The predicted octanol–water partition coefficient (Wildman–Crippen LogP) is 1.64. The topological polar surface area (TPSA) is 43.4 Å². The molecule has 0 amide bonds. The molecule has 0 atom stereocenters. The average Bonchev–Trinajstić information content (AvgIpc) is 2.14. The molecule has 72 valence electrons. The zero-order valence-electron chi connectivity index (χ0n) is 8.22. The van der Waals surface area contributed by atoms with E-state index >= 15 is 0 Å². The lowest BCUT2D eigenvalue weighted by Crippen LogP contribution is -2.04. The van der Waals surface area contributed by atoms with Crippen molar-refractivity contribution < 1.29 is 14.3 Å². The first-order valence-electron chi connectivity index (χ1n) is 4.01. The molecule has 0 aromatic heterocycles. The molecule has 0 aliphatic carbocycles. The lowest BCUT2D eigenvalue weighted by Gasteiger charge is -1.99. The van der Waals surface area contributed by atoms with Crippen LogP contribution in [0.5, 0.6) is 0 Å². The zero-order valence-corrected chi connectivity index (χ0v) is 8.22. The highest BCUT2D eigenvalue weighted by atomic mass is 16.5. The van der Waals surface area contributed by atoms with Crippen molar-refractivity contribution in [2.75, 3.05) is 7.11 Å². The van der Waals surface area contributed by atoms with E-state index in [2.05, 4.69) is 11.3 Å². The van der Waals surface area contributed by atoms with Crippen LogP contribution < -0.4 is 0 Å². The van der Waals surface area contributed by atoms with Crippen LogP contribution in [-0.2, 0) is 14.3 Å². The molecule has 0 spiro atoms. The van der Waals surface area contributed by atoms with Crippen molar-refractivity contribution in [1.82, 2.24) is 0 Å². The second-order valence-corrected chi connectivity index (χ2v) is 2.62. The summed E-state index contributed by atoms with van der Waals surface area (Å²) in [5.74, 6) is -0.506. The first kappa shape index (κ1) is 11.6. The van der Waals surface area contributed by atoms with Crippen molar-refractivity contribution in [1.29, 1.82) is 0 Å². The van der Waals surface area contributed by atoms with Crippen molar-refractivity contribution in [3.05, 3.63) is 23.8 Å². The molecule has 0 unspecified atom stereocenters. The van der Waals surface area contributed by atoms with Crippen LogP contribution in [0.15, 0.2) is 23.8 Å². The Hall–Kier alpha value is -1.38. The minimum atomic E-state index is -0.511. The van der Waals surface area contributed by atoms with Crippen molar-refractivity contribution in [2.24, 2.45) is 0 Å². The Bertz CT molecular complexity index is 261. The summed E-state index contributed by atoms with van der Waals surface area (Å²) in [6.45, 7) is 6.90. The Morgan fingerprint density at radius 2 is 2.00 bits per heavy atom. The summed E-state index contributed by atoms with van der Waals surface area (Å²) in [7, 11) is 1.28. The summed E-state index contributed by atoms with van der Waals surface area (Å²) in [5, 5.41) is 0. The van der Waals surface area contributed by atoms with Crippen molar-refractivity contribution >= 4 is 11.8 Å². The molecule has 0 N–H and O–H groups in total. The third kappa shape index (κ3) is 3.69. The molecule has 13 heavy (non-hydrogen) atoms. The molecule has 3 heteroatoms. The normalized spacial score (nSPS) is 10.8. The fourth-order valence-corrected chi connectivity index (χ4v) is 0.811. The predicted molar refractivity (Wildman–Crippen MR) is 50.2 cm³/mol. The monoisotopic (exact) mass is 182 g/mol. The van der Waals surface area contributed by atoms with Crippen LogP contribution in [0.4, 0.5) is 0 Å². The minimum absolute atomic E-state index is 0.00468. The number of methoxy groups -OCH3 is 1. The Kier molecular flexibility index (Phi) is 4.74. The van der Waals surface area contributed by atoms with Gasteiger partial charge < -0.3 is 4.74 Å². The van der Waals surface area contributed by atoms with E-state index in [9.17, 15) is 9.59 Å². The van der Waals surface area contributed by atoms with Gasteiger partial charge in [-0.15, -0.1) is 0 Å². The van der Waals surface area contributed by atoms with Crippen molar-refractivity contribution in [3.8, 4) is 0 Å². The molecule has 0 aromatic rings. The van der Waals surface area contributed by atoms with Gasteiger partial charge in [-0.2, -0.15) is 0 Å². The summed E-state index contributed by atoms with van der Waals surface area (Å²) in [6, 6.07) is 0. The fourth-order valence-electron chi connectivity index (χ4n) is 0.811. The first-order valence-corrected chi connectivity index (χ1v) is 4.01. The maximum atomic E-state index is 11.1. The van der Waals surface area contributed by atoms with Gasteiger partial charge in [-0.1, -0.05) is 13.5 Å². The van der Waals surface area contributed by atoms with E-state index in [-0.39, 0.29) is 11.4 Å². The van der Waals surface area contributed by atoms with Gasteiger partial charge in [0.15, 0.2) is 5.78 Å². The molecule has 0 aliphatic heterocycles. The summed E-state index contributed by atoms with van der Waals surface area (Å²) in [5.41, 5.74) is 0.722. The summed E-state index contributed by atoms with van der Waals surface area (Å²) in [4.78, 5) is 22.0. The second kappa shape index (κ2) is 5.30. The average molecular weight is 182 g/mol. The van der Waals surface area contributed by atoms with E-state index in [1.165, 1.54) is 13.2 Å². The number of allylic oxidation sites excluding steroid dienone is 1. The molecule has 0 aromatic carbocycles. The van der Waals surface area contributed by atoms with Crippen molar-refractivity contribution in [2.45, 2.75) is 20.3 Å². The molecular formula is C10H14O3. The molecule has 0 radical (unpaired) electrons. The fraction of sp³-hybridized carbons (Fsp3) is 0.400. The van der Waals surface area contributed by atoms with E-state index in [0.29, 0.717) is 12.0 Å². The molecule has 0 rings (SSSR count). The number of esters is 1. The smallest absolute Gasteiger partial charge is 0.337 e. The van der Waals surface area contributed by atoms with Gasteiger partial charge in [0.2, 0.25) is 0 Å². The van der Waals surface area contributed by atoms with Crippen LogP contribution in [0, 0.1) is 0 Å². The Balaban J connectivity index is 4.48. The SMILES string of the molecule is C=C(C=C(C)C(=O)CC)C(=O)OC. The third-order valence-corrected chi connectivity index (χ3v) is 1.60. The van der Waals surface area contributed by atoms with E-state index in [1.807, 2.05) is 0 Å². The van der Waals surface area contributed by atoms with E-state index in [0.717, 1.165) is 0 Å². The molecule has 0 heterocycles. The highest BCUT2D eigenvalue weighted by molar-refractivity contribution is 5.98. The summed E-state index contributed by atoms with van der Waals surface area (Å²) in [6.07, 6.45) is 1.87. The van der Waals surface area contributed by atoms with Crippen LogP contribution in [0.25, 0.3) is 0 Å². The first-order chi connectivity index (χ1) is 6.02. The number of hydrogen-bond donors (Lipinski definition) is 0. The van der Waals surface area contributed by atoms with E-state index in [1.54, 1.807) is 13.8 Å². The molecule has 0 saturated heterocycles. The number of ketones is 1. The summed E-state index contributed by atoms with van der Waals surface area (Å²) >= 11 is 0. The van der Waals surface area contributed by atoms with Crippen LogP contribution in [0.2, 0.25) is 0 Å². The van der Waals surface area contributed by atoms with E-state index < -0.39 is 5.97 Å². The van der Waals surface area contributed by atoms with Gasteiger partial charge >= 0.3 is 5.97 Å². The number of ether oxygens (including phenoxy) is 1. The summed E-state index contributed by atoms with van der Waals surface area (Å²) < 4.78 is 4.43. The van der Waals surface area contributed by atoms with Gasteiger partial charge in [0.25, 0.3) is 0 Å². The third-order valence-electron chi connectivity index (χ3n) is 1.60. The molecular weight excluding hydrogens is 168 g/mol. The van der Waals surface area contributed by atoms with Gasteiger partial charge in [-0.3, -0.25) is 4.79 Å². The second-order valence-electron chi connectivity index (χ2n) is 2.62. The number of carbonyl (C=O) groups excluding carboxylic acids is 2. The van der Waals surface area contributed by atoms with Gasteiger partial charge in [0.05, 0.1) is 12.7 Å². The maximum Gasteiger partial charge on any atom is 0.337 e. The van der Waals surface area contributed by atoms with Crippen molar-refractivity contribution in [3.63, 3.8) is 0 Å². The number of carbonyl (C=O) groups is 2. The van der Waals surface area contributed by atoms with Crippen LogP contribution >= 0.6 is 0 Å². The Labute approximate surface area is 78.1 Å². The molecule has 0 bridgehead atoms. The molecule has 0 aliphatic rings. The van der Waals surface area contributed by atoms with Crippen LogP contribution in [0.1, 0.15) is 20.3 Å². The largest absolute Gasteiger partial charge is 0.465 e. The van der Waals surface area contributed by atoms with Gasteiger partial charge in [-0.25, -0.2) is 4.79 Å². The standard InChI is InChI=1S/C10H14O3/c1-5-9(11)7(2)6-8(3)10(12)13-4/h6H,3,5H2,1-2,4H3. The number of hydrogen-bond acceptors (Lipinski definition) is 3. The Morgan fingerprint density at radius 1 is 1.46 bits per heavy atom. The lowest BCUT2D eigenvalue weighted by molar-refractivity contribution is -0.135. The minimum Gasteiger partial charge on any atom is -0.465 e. The van der Waals surface area contributed by atoms with Gasteiger partial charge in [0.1, 0.15) is 0 Å². The quantitative estimate of drug-likeness (QED) is 0.377. The highest BCUT2D eigenvalue weighted by Gasteiger charge is 2.06.